The number of benzene rings is 6. The summed E-state index contributed by atoms with van der Waals surface area (Å²) in [5, 5.41) is 2.98. The third-order valence-corrected chi connectivity index (χ3v) is 45.6. The number of hydrogen-bond acceptors (Lipinski definition) is 0. The molecule has 60 heavy (non-hydrogen) atoms. The Morgan fingerprint density at radius 1 is 0.483 bits per heavy atom. The minimum atomic E-state index is -5.82. The molecular formula is C56H59Cl2HfSi. The molecule has 3 aliphatic rings. The molecule has 0 fully saturated rings. The van der Waals surface area contributed by atoms with E-state index in [4.69, 9.17) is 0 Å². The molecule has 2 unspecified atom stereocenters. The van der Waals surface area contributed by atoms with Crippen LogP contribution in [0.1, 0.15) is 122 Å². The van der Waals surface area contributed by atoms with Crippen LogP contribution in [0.2, 0.25) is 0 Å². The molecule has 0 spiro atoms. The molecule has 305 valence electrons. The number of halogens is 2. The van der Waals surface area contributed by atoms with Crippen molar-refractivity contribution in [3.05, 3.63) is 172 Å². The first-order valence-corrected chi connectivity index (χ1v) is 38.6. The third kappa shape index (κ3) is 6.61. The van der Waals surface area contributed by atoms with Gasteiger partial charge in [-0.1, -0.05) is 0 Å². The Labute approximate surface area is 370 Å². The summed E-state index contributed by atoms with van der Waals surface area (Å²) in [5.41, 5.74) is 18.7. The zero-order valence-corrected chi connectivity index (χ0v) is 43.2. The van der Waals surface area contributed by atoms with Gasteiger partial charge in [-0.15, -0.1) is 0 Å². The molecule has 0 bridgehead atoms. The monoisotopic (exact) mass is 1010 g/mol. The van der Waals surface area contributed by atoms with Crippen LogP contribution in [0, 0.1) is 0 Å². The molecule has 2 atom stereocenters. The van der Waals surface area contributed by atoms with Crippen molar-refractivity contribution >= 4 is 52.5 Å². The molecule has 0 aromatic heterocycles. The molecule has 0 N–H and O–H groups in total. The second kappa shape index (κ2) is 15.4. The van der Waals surface area contributed by atoms with Gasteiger partial charge in [0.25, 0.3) is 0 Å². The number of hydrogen-bond donors (Lipinski definition) is 0. The number of rotatable bonds is 9. The topological polar surface area (TPSA) is 0 Å². The van der Waals surface area contributed by atoms with Gasteiger partial charge in [-0.2, -0.15) is 0 Å². The fraction of sp³-hybridized carbons (Fsp3) is 0.286. The Morgan fingerprint density at radius 3 is 1.38 bits per heavy atom. The Hall–Kier alpha value is -3.53. The Morgan fingerprint density at radius 2 is 0.900 bits per heavy atom. The van der Waals surface area contributed by atoms with Gasteiger partial charge < -0.3 is 0 Å². The maximum absolute atomic E-state index is 9.41. The summed E-state index contributed by atoms with van der Waals surface area (Å²) >= 11 is -5.82. The van der Waals surface area contributed by atoms with Crippen molar-refractivity contribution in [3.63, 3.8) is 0 Å². The summed E-state index contributed by atoms with van der Waals surface area (Å²) in [4.78, 5) is 0. The van der Waals surface area contributed by atoms with Crippen molar-refractivity contribution in [2.75, 3.05) is 0 Å². The summed E-state index contributed by atoms with van der Waals surface area (Å²) in [6, 6.07) is 48.3. The molecule has 4 heteroatoms. The minimum absolute atomic E-state index is 0.0159. The van der Waals surface area contributed by atoms with E-state index in [1.165, 1.54) is 91.6 Å². The van der Waals surface area contributed by atoms with Gasteiger partial charge >= 0.3 is 373 Å². The van der Waals surface area contributed by atoms with E-state index in [-0.39, 0.29) is 18.2 Å². The molecular weight excluding hydrogens is 950 g/mol. The second-order valence-electron chi connectivity index (χ2n) is 19.8. The van der Waals surface area contributed by atoms with Crippen LogP contribution >= 0.6 is 17.2 Å². The van der Waals surface area contributed by atoms with Crippen LogP contribution in [0.5, 0.6) is 0 Å². The number of fused-ring (bicyclic) bond motifs is 5. The standard InChI is InChI=1S/2C22H25.C12H9Si.2ClH.Hf/c2*1-5-9-16-14-17-10-8-12-18(20(17)15-16)19-11-6-7-13-21(19)22(2,3)4;1-3-7-11-9(5-1)10-6-2-4-8-12(10)13-11;;;/h2*6-8,10-15H,5,9H2,1-4H3;1-7H,13H2;2*1H;/q;;;;;+2/p-2. The normalized spacial score (nSPS) is 18.0. The molecule has 0 nitrogen and oxygen atoms in total. The van der Waals surface area contributed by atoms with E-state index in [1.807, 2.05) is 0 Å². The van der Waals surface area contributed by atoms with Crippen LogP contribution in [0.25, 0.3) is 45.5 Å². The van der Waals surface area contributed by atoms with Crippen molar-refractivity contribution in [2.24, 2.45) is 0 Å². The van der Waals surface area contributed by atoms with E-state index >= 15 is 0 Å². The Kier molecular flexibility index (Phi) is 10.7. The van der Waals surface area contributed by atoms with E-state index in [9.17, 15) is 17.2 Å². The van der Waals surface area contributed by atoms with Crippen molar-refractivity contribution in [2.45, 2.75) is 99.3 Å². The van der Waals surface area contributed by atoms with Gasteiger partial charge in [0.2, 0.25) is 0 Å². The molecule has 9 rings (SSSR count). The summed E-state index contributed by atoms with van der Waals surface area (Å²) in [6.45, 7) is 18.6. The Balaban J connectivity index is 1.37. The molecule has 1 aliphatic heterocycles. The second-order valence-corrected chi connectivity index (χ2v) is 50.9. The Bertz CT molecular complexity index is 2600. The van der Waals surface area contributed by atoms with Gasteiger partial charge in [-0.05, 0) is 0 Å². The van der Waals surface area contributed by atoms with Crippen LogP contribution in [0.15, 0.2) is 139 Å². The van der Waals surface area contributed by atoms with Crippen molar-refractivity contribution in [1.82, 2.24) is 0 Å². The first kappa shape index (κ1) is 41.8. The fourth-order valence-corrected chi connectivity index (χ4v) is 50.6. The van der Waals surface area contributed by atoms with Crippen molar-refractivity contribution in [3.8, 4) is 33.4 Å². The van der Waals surface area contributed by atoms with Gasteiger partial charge in [-0.25, -0.2) is 0 Å². The van der Waals surface area contributed by atoms with Crippen LogP contribution in [0.3, 0.4) is 0 Å². The molecule has 0 saturated heterocycles. The molecule has 6 aromatic rings. The van der Waals surface area contributed by atoms with Crippen LogP contribution < -0.4 is 13.7 Å². The summed E-state index contributed by atoms with van der Waals surface area (Å²) in [7, 11) is 17.9. The maximum atomic E-state index is 9.41. The van der Waals surface area contributed by atoms with Crippen molar-refractivity contribution in [1.29, 1.82) is 0 Å². The SMILES string of the molecule is CCCC1=Cc2c(-c3ccccc3C(C)(C)C)cccc2[CH]1[Hf]([Cl])([Cl])([c]1cccc2c1[SiH2]c1ccccc1-2)[CH]1C(CCC)=Cc2c(-c3ccccc3C(C)(C)C)cccc21. The van der Waals surface area contributed by atoms with Crippen molar-refractivity contribution < 1.29 is 16.1 Å². The van der Waals surface area contributed by atoms with Gasteiger partial charge in [0.05, 0.1) is 0 Å². The zero-order chi connectivity index (χ0) is 42.2. The average molecular weight is 1010 g/mol. The van der Waals surface area contributed by atoms with E-state index < -0.39 is 25.7 Å². The van der Waals surface area contributed by atoms with Gasteiger partial charge in [-0.3, -0.25) is 0 Å². The van der Waals surface area contributed by atoms with Crippen LogP contribution in [0.4, 0.5) is 0 Å². The fourth-order valence-electron chi connectivity index (χ4n) is 11.5. The average Bonchev–Trinajstić information content (AvgIpc) is 3.92. The number of allylic oxidation sites excluding steroid dienone is 2. The van der Waals surface area contributed by atoms with E-state index in [0.29, 0.717) is 0 Å². The van der Waals surface area contributed by atoms with Crippen LogP contribution in [-0.2, 0) is 27.0 Å². The zero-order valence-electron chi connectivity index (χ0n) is 36.7. The van der Waals surface area contributed by atoms with E-state index in [2.05, 4.69) is 195 Å². The van der Waals surface area contributed by atoms with Crippen LogP contribution in [-0.4, -0.2) is 9.52 Å². The molecule has 0 amide bonds. The predicted octanol–water partition coefficient (Wildman–Crippen LogP) is 14.2. The van der Waals surface area contributed by atoms with Gasteiger partial charge in [0.1, 0.15) is 0 Å². The molecule has 2 aliphatic carbocycles. The predicted molar refractivity (Wildman–Crippen MR) is 263 cm³/mol. The molecule has 6 aromatic carbocycles. The first-order valence-electron chi connectivity index (χ1n) is 22.3. The first-order chi connectivity index (χ1) is 28.7. The summed E-state index contributed by atoms with van der Waals surface area (Å²) in [6.07, 6.45) is 9.08. The van der Waals surface area contributed by atoms with E-state index in [0.717, 1.165) is 25.7 Å². The quantitative estimate of drug-likeness (QED) is 0.126. The summed E-state index contributed by atoms with van der Waals surface area (Å²) in [5.74, 6) is 0. The molecule has 0 radical (unpaired) electrons. The molecule has 1 heterocycles. The molecule has 0 saturated carbocycles. The van der Waals surface area contributed by atoms with E-state index in [1.54, 1.807) is 0 Å². The third-order valence-electron chi connectivity index (χ3n) is 13.9. The van der Waals surface area contributed by atoms with Gasteiger partial charge in [0, 0.05) is 0 Å². The van der Waals surface area contributed by atoms with Gasteiger partial charge in [0.15, 0.2) is 0 Å². The summed E-state index contributed by atoms with van der Waals surface area (Å²) < 4.78 is 1.16.